The normalized spacial score (nSPS) is 19.6. The van der Waals surface area contributed by atoms with Gasteiger partial charge in [-0.25, -0.2) is 0 Å². The highest BCUT2D eigenvalue weighted by atomic mass is 32.2. The van der Waals surface area contributed by atoms with Crippen LogP contribution in [0.15, 0.2) is 12.1 Å². The van der Waals surface area contributed by atoms with E-state index in [1.54, 1.807) is 11.3 Å². The third-order valence-electron chi connectivity index (χ3n) is 3.84. The van der Waals surface area contributed by atoms with E-state index < -0.39 is 16.3 Å². The SMILES string of the molecule is Cc1ccc(CCNC(=O)C[C@H]2COCCN2S(=O)(=O)N(C)C)s1. The summed E-state index contributed by atoms with van der Waals surface area (Å²) in [4.78, 5) is 14.6. The number of thiophene rings is 1. The highest BCUT2D eigenvalue weighted by Gasteiger charge is 2.35. The predicted molar refractivity (Wildman–Crippen MR) is 94.3 cm³/mol. The topological polar surface area (TPSA) is 79.0 Å². The zero-order valence-corrected chi connectivity index (χ0v) is 16.0. The predicted octanol–water partition coefficient (Wildman–Crippen LogP) is 0.613. The molecule has 24 heavy (non-hydrogen) atoms. The van der Waals surface area contributed by atoms with E-state index in [2.05, 4.69) is 24.4 Å². The summed E-state index contributed by atoms with van der Waals surface area (Å²) in [5, 5.41) is 2.87. The molecule has 1 aliphatic rings. The Balaban J connectivity index is 1.86. The molecule has 2 heterocycles. The van der Waals surface area contributed by atoms with Crippen LogP contribution in [0.4, 0.5) is 0 Å². The minimum absolute atomic E-state index is 0.108. The number of carbonyl (C=O) groups is 1. The Hall–Kier alpha value is -1.00. The van der Waals surface area contributed by atoms with Crippen molar-refractivity contribution in [3.63, 3.8) is 0 Å². The van der Waals surface area contributed by atoms with Crippen molar-refractivity contribution in [3.8, 4) is 0 Å². The summed E-state index contributed by atoms with van der Waals surface area (Å²) in [6.45, 7) is 3.46. The molecule has 1 amide bonds. The molecule has 1 N–H and O–H groups in total. The van der Waals surface area contributed by atoms with Crippen molar-refractivity contribution in [2.45, 2.75) is 25.8 Å². The van der Waals surface area contributed by atoms with Crippen molar-refractivity contribution >= 4 is 27.5 Å². The average Bonchev–Trinajstić information content (AvgIpc) is 2.93. The van der Waals surface area contributed by atoms with Gasteiger partial charge in [-0.05, 0) is 25.5 Å². The molecule has 1 aromatic rings. The highest BCUT2D eigenvalue weighted by Crippen LogP contribution is 2.17. The van der Waals surface area contributed by atoms with Gasteiger partial charge in [0.05, 0.1) is 19.3 Å². The van der Waals surface area contributed by atoms with E-state index in [1.165, 1.54) is 32.5 Å². The monoisotopic (exact) mass is 375 g/mol. The van der Waals surface area contributed by atoms with Crippen molar-refractivity contribution < 1.29 is 17.9 Å². The van der Waals surface area contributed by atoms with Crippen molar-refractivity contribution in [3.05, 3.63) is 21.9 Å². The van der Waals surface area contributed by atoms with Gasteiger partial charge in [0, 0.05) is 43.4 Å². The third kappa shape index (κ3) is 5.00. The molecule has 1 fully saturated rings. The fourth-order valence-corrected chi connectivity index (χ4v) is 4.67. The third-order valence-corrected chi connectivity index (χ3v) is 6.90. The maximum atomic E-state index is 12.3. The van der Waals surface area contributed by atoms with Gasteiger partial charge >= 0.3 is 0 Å². The first-order valence-corrected chi connectivity index (χ1v) is 10.1. The molecule has 0 aromatic carbocycles. The molecule has 0 aliphatic carbocycles. The number of hydrogen-bond acceptors (Lipinski definition) is 5. The van der Waals surface area contributed by atoms with Gasteiger partial charge in [-0.15, -0.1) is 11.3 Å². The van der Waals surface area contributed by atoms with Crippen molar-refractivity contribution in [2.75, 3.05) is 40.4 Å². The van der Waals surface area contributed by atoms with Gasteiger partial charge in [0.1, 0.15) is 0 Å². The van der Waals surface area contributed by atoms with Crippen LogP contribution >= 0.6 is 11.3 Å². The second-order valence-corrected chi connectivity index (χ2v) is 9.41. The number of morpholine rings is 1. The Morgan fingerprint density at radius 3 is 2.83 bits per heavy atom. The standard InChI is InChI=1S/C15H25N3O4S2/c1-12-4-5-14(23-12)6-7-16-15(19)10-13-11-22-9-8-18(13)24(20,21)17(2)3/h4-5,13H,6-11H2,1-3H3,(H,16,19)/t13-/m0/s1. The lowest BCUT2D eigenvalue weighted by atomic mass is 10.2. The number of hydrogen-bond donors (Lipinski definition) is 1. The van der Waals surface area contributed by atoms with Crippen LogP contribution in [0, 0.1) is 6.92 Å². The number of nitrogens with one attached hydrogen (secondary N) is 1. The highest BCUT2D eigenvalue weighted by molar-refractivity contribution is 7.86. The Labute approximate surface area is 147 Å². The average molecular weight is 376 g/mol. The Bertz CT molecular complexity index is 657. The Morgan fingerprint density at radius 2 is 2.21 bits per heavy atom. The van der Waals surface area contributed by atoms with Crippen LogP contribution in [-0.4, -0.2) is 69.4 Å². The molecule has 1 aliphatic heterocycles. The van der Waals surface area contributed by atoms with E-state index in [1.807, 2.05) is 0 Å². The molecule has 0 unspecified atom stereocenters. The first kappa shape index (κ1) is 19.3. The van der Waals surface area contributed by atoms with Crippen LogP contribution < -0.4 is 5.32 Å². The maximum absolute atomic E-state index is 12.3. The fraction of sp³-hybridized carbons (Fsp3) is 0.667. The molecule has 0 radical (unpaired) electrons. The van der Waals surface area contributed by atoms with Crippen LogP contribution in [0.1, 0.15) is 16.2 Å². The van der Waals surface area contributed by atoms with Gasteiger partial charge in [-0.3, -0.25) is 4.79 Å². The fourth-order valence-electron chi connectivity index (χ4n) is 2.54. The molecule has 0 saturated carbocycles. The zero-order valence-electron chi connectivity index (χ0n) is 14.3. The molecule has 0 bridgehead atoms. The molecular formula is C15H25N3O4S2. The van der Waals surface area contributed by atoms with Gasteiger partial charge in [0.15, 0.2) is 0 Å². The quantitative estimate of drug-likeness (QED) is 0.757. The molecule has 7 nitrogen and oxygen atoms in total. The smallest absolute Gasteiger partial charge is 0.281 e. The lowest BCUT2D eigenvalue weighted by molar-refractivity contribution is -0.123. The number of aryl methyl sites for hydroxylation is 1. The van der Waals surface area contributed by atoms with Crippen molar-refractivity contribution in [1.29, 1.82) is 0 Å². The number of rotatable bonds is 7. The van der Waals surface area contributed by atoms with E-state index in [4.69, 9.17) is 4.74 Å². The summed E-state index contributed by atoms with van der Waals surface area (Å²) in [5.74, 6) is -0.155. The lowest BCUT2D eigenvalue weighted by Crippen LogP contribution is -2.53. The molecule has 1 aromatic heterocycles. The molecule has 2 rings (SSSR count). The second kappa shape index (κ2) is 8.39. The van der Waals surface area contributed by atoms with Gasteiger partial charge in [-0.2, -0.15) is 17.0 Å². The summed E-state index contributed by atoms with van der Waals surface area (Å²) >= 11 is 1.72. The van der Waals surface area contributed by atoms with Gasteiger partial charge < -0.3 is 10.1 Å². The minimum Gasteiger partial charge on any atom is -0.378 e. The molecular weight excluding hydrogens is 350 g/mol. The molecule has 1 atom stereocenters. The van der Waals surface area contributed by atoms with E-state index in [0.717, 1.165) is 6.42 Å². The summed E-state index contributed by atoms with van der Waals surface area (Å²) in [5.41, 5.74) is 0. The molecule has 9 heteroatoms. The van der Waals surface area contributed by atoms with E-state index in [9.17, 15) is 13.2 Å². The number of nitrogens with zero attached hydrogens (tertiary/aromatic N) is 2. The van der Waals surface area contributed by atoms with Crippen molar-refractivity contribution in [1.82, 2.24) is 13.9 Å². The van der Waals surface area contributed by atoms with E-state index in [-0.39, 0.29) is 25.5 Å². The Morgan fingerprint density at radius 1 is 1.46 bits per heavy atom. The molecule has 136 valence electrons. The minimum atomic E-state index is -3.55. The van der Waals surface area contributed by atoms with Crippen LogP contribution in [0.2, 0.25) is 0 Å². The summed E-state index contributed by atoms with van der Waals surface area (Å²) in [6.07, 6.45) is 0.891. The second-order valence-electron chi connectivity index (χ2n) is 5.95. The maximum Gasteiger partial charge on any atom is 0.281 e. The molecule has 0 spiro atoms. The van der Waals surface area contributed by atoms with Crippen LogP contribution in [0.3, 0.4) is 0 Å². The van der Waals surface area contributed by atoms with Crippen LogP contribution in [0.5, 0.6) is 0 Å². The van der Waals surface area contributed by atoms with E-state index >= 15 is 0 Å². The van der Waals surface area contributed by atoms with E-state index in [0.29, 0.717) is 13.2 Å². The number of ether oxygens (including phenoxy) is 1. The first-order chi connectivity index (χ1) is 11.3. The van der Waals surface area contributed by atoms with Gasteiger partial charge in [0.25, 0.3) is 10.2 Å². The first-order valence-electron chi connectivity index (χ1n) is 7.89. The van der Waals surface area contributed by atoms with Gasteiger partial charge in [-0.1, -0.05) is 0 Å². The van der Waals surface area contributed by atoms with Crippen LogP contribution in [0.25, 0.3) is 0 Å². The number of carbonyl (C=O) groups excluding carboxylic acids is 1. The van der Waals surface area contributed by atoms with Gasteiger partial charge in [0.2, 0.25) is 5.91 Å². The lowest BCUT2D eigenvalue weighted by Gasteiger charge is -2.35. The number of amides is 1. The summed E-state index contributed by atoms with van der Waals surface area (Å²) in [6, 6.07) is 3.66. The zero-order chi connectivity index (χ0) is 17.7. The van der Waals surface area contributed by atoms with Crippen LogP contribution in [-0.2, 0) is 26.2 Å². The largest absolute Gasteiger partial charge is 0.378 e. The molecule has 1 saturated heterocycles. The summed E-state index contributed by atoms with van der Waals surface area (Å²) in [7, 11) is -0.565. The summed E-state index contributed by atoms with van der Waals surface area (Å²) < 4.78 is 32.6. The Kier molecular flexibility index (Phi) is 6.76. The van der Waals surface area contributed by atoms with Crippen molar-refractivity contribution in [2.24, 2.45) is 0 Å².